The van der Waals surface area contributed by atoms with Crippen LogP contribution in [0.3, 0.4) is 0 Å². The van der Waals surface area contributed by atoms with Gasteiger partial charge >= 0.3 is 0 Å². The van der Waals surface area contributed by atoms with Crippen molar-refractivity contribution in [3.05, 3.63) is 36.5 Å². The molecular formula is C16H16N4OS. The van der Waals surface area contributed by atoms with Crippen LogP contribution in [-0.4, -0.2) is 48.3 Å². The first-order valence-electron chi connectivity index (χ1n) is 7.39. The fraction of sp³-hybridized carbons (Fsp3) is 0.375. The Hall–Kier alpha value is -2.10. The maximum Gasteiger partial charge on any atom is 0.186 e. The lowest BCUT2D eigenvalue weighted by molar-refractivity contribution is 0.0326. The molecule has 0 radical (unpaired) electrons. The number of rotatable bonds is 2. The second-order valence-corrected chi connectivity index (χ2v) is 6.56. The van der Waals surface area contributed by atoms with E-state index in [1.54, 1.807) is 16.2 Å². The van der Waals surface area contributed by atoms with E-state index in [0.717, 1.165) is 18.2 Å². The first-order valence-corrected chi connectivity index (χ1v) is 8.21. The van der Waals surface area contributed by atoms with Gasteiger partial charge in [-0.25, -0.2) is 4.98 Å². The Morgan fingerprint density at radius 2 is 2.14 bits per heavy atom. The van der Waals surface area contributed by atoms with Gasteiger partial charge in [0.05, 0.1) is 36.7 Å². The zero-order valence-corrected chi connectivity index (χ0v) is 12.9. The van der Waals surface area contributed by atoms with Crippen LogP contribution in [0.5, 0.6) is 0 Å². The molecule has 2 unspecified atom stereocenters. The molecule has 2 saturated heterocycles. The molecule has 3 heterocycles. The number of aromatic nitrogens is 1. The summed E-state index contributed by atoms with van der Waals surface area (Å²) < 4.78 is 5.82. The normalized spacial score (nSPS) is 24.1. The van der Waals surface area contributed by atoms with Gasteiger partial charge in [0.1, 0.15) is 0 Å². The van der Waals surface area contributed by atoms with Crippen LogP contribution in [0.2, 0.25) is 0 Å². The van der Waals surface area contributed by atoms with Crippen molar-refractivity contribution in [2.24, 2.45) is 0 Å². The number of hydrogen-bond donors (Lipinski definition) is 0. The molecular weight excluding hydrogens is 296 g/mol. The summed E-state index contributed by atoms with van der Waals surface area (Å²) in [7, 11) is 0. The van der Waals surface area contributed by atoms with Gasteiger partial charge in [0.15, 0.2) is 11.3 Å². The molecule has 1 aromatic carbocycles. The molecule has 1 aromatic heterocycles. The molecule has 0 N–H and O–H groups in total. The van der Waals surface area contributed by atoms with E-state index in [1.807, 2.05) is 24.4 Å². The summed E-state index contributed by atoms with van der Waals surface area (Å²) in [6.45, 7) is 2.94. The van der Waals surface area contributed by atoms with E-state index in [2.05, 4.69) is 28.2 Å². The van der Waals surface area contributed by atoms with Crippen LogP contribution in [0, 0.1) is 11.5 Å². The number of nitriles is 1. The first kappa shape index (κ1) is 13.6. The zero-order valence-electron chi connectivity index (χ0n) is 12.1. The van der Waals surface area contributed by atoms with Gasteiger partial charge < -0.3 is 14.5 Å². The van der Waals surface area contributed by atoms with Crippen LogP contribution in [0.1, 0.15) is 0 Å². The molecule has 22 heavy (non-hydrogen) atoms. The maximum absolute atomic E-state index is 9.11. The van der Waals surface area contributed by atoms with Gasteiger partial charge in [-0.3, -0.25) is 0 Å². The van der Waals surface area contributed by atoms with Crippen molar-refractivity contribution in [1.29, 1.82) is 5.26 Å². The van der Waals surface area contributed by atoms with Gasteiger partial charge in [-0.15, -0.1) is 0 Å². The van der Waals surface area contributed by atoms with Crippen molar-refractivity contribution in [1.82, 2.24) is 9.88 Å². The number of benzene rings is 1. The Morgan fingerprint density at radius 3 is 2.95 bits per heavy atom. The van der Waals surface area contributed by atoms with Crippen molar-refractivity contribution >= 4 is 16.5 Å². The molecule has 6 heteroatoms. The van der Waals surface area contributed by atoms with Crippen molar-refractivity contribution in [2.75, 3.05) is 31.1 Å². The van der Waals surface area contributed by atoms with E-state index in [9.17, 15) is 0 Å². The molecule has 0 bridgehead atoms. The molecule has 4 rings (SSSR count). The largest absolute Gasteiger partial charge is 0.372 e. The van der Waals surface area contributed by atoms with Crippen LogP contribution in [0.4, 0.5) is 5.13 Å². The van der Waals surface area contributed by atoms with Crippen molar-refractivity contribution < 1.29 is 4.74 Å². The van der Waals surface area contributed by atoms with Gasteiger partial charge in [0.2, 0.25) is 0 Å². The Balaban J connectivity index is 1.60. The van der Waals surface area contributed by atoms with E-state index in [0.29, 0.717) is 13.2 Å². The van der Waals surface area contributed by atoms with Crippen LogP contribution in [0.25, 0.3) is 10.4 Å². The summed E-state index contributed by atoms with van der Waals surface area (Å²) in [5.41, 5.74) is 1.20. The van der Waals surface area contributed by atoms with E-state index < -0.39 is 0 Å². The third-order valence-corrected chi connectivity index (χ3v) is 5.32. The van der Waals surface area contributed by atoms with Crippen LogP contribution < -0.4 is 4.90 Å². The summed E-state index contributed by atoms with van der Waals surface area (Å²) in [5, 5.41) is 10.1. The fourth-order valence-electron chi connectivity index (χ4n) is 3.14. The highest BCUT2D eigenvalue weighted by Gasteiger charge is 2.41. The fourth-order valence-corrected chi connectivity index (χ4v) is 4.15. The number of fused-ring (bicyclic) bond motifs is 1. The summed E-state index contributed by atoms with van der Waals surface area (Å²) in [6, 6.07) is 10.5. The predicted molar refractivity (Wildman–Crippen MR) is 85.6 cm³/mol. The number of anilines is 1. The highest BCUT2D eigenvalue weighted by Crippen LogP contribution is 2.34. The molecule has 5 nitrogen and oxygen atoms in total. The summed E-state index contributed by atoms with van der Waals surface area (Å²) >= 11 is 1.71. The number of morpholine rings is 1. The Bertz CT molecular complexity index is 696. The van der Waals surface area contributed by atoms with Gasteiger partial charge in [-0.1, -0.05) is 41.7 Å². The van der Waals surface area contributed by atoms with Crippen molar-refractivity contribution in [3.8, 4) is 16.6 Å². The Labute approximate surface area is 133 Å². The van der Waals surface area contributed by atoms with Crippen LogP contribution >= 0.6 is 11.3 Å². The molecule has 2 aliphatic heterocycles. The minimum Gasteiger partial charge on any atom is -0.372 e. The smallest absolute Gasteiger partial charge is 0.186 e. The zero-order chi connectivity index (χ0) is 14.9. The minimum absolute atomic E-state index is 0.109. The maximum atomic E-state index is 9.11. The van der Waals surface area contributed by atoms with E-state index in [1.165, 1.54) is 10.4 Å². The van der Waals surface area contributed by atoms with Crippen molar-refractivity contribution in [2.45, 2.75) is 12.1 Å². The monoisotopic (exact) mass is 312 g/mol. The van der Waals surface area contributed by atoms with E-state index >= 15 is 0 Å². The van der Waals surface area contributed by atoms with Crippen LogP contribution in [0.15, 0.2) is 36.5 Å². The van der Waals surface area contributed by atoms with Crippen molar-refractivity contribution in [3.63, 3.8) is 0 Å². The summed E-state index contributed by atoms with van der Waals surface area (Å²) in [5.74, 6) is 0. The van der Waals surface area contributed by atoms with Gasteiger partial charge in [0, 0.05) is 12.7 Å². The quantitative estimate of drug-likeness (QED) is 0.796. The number of likely N-dealkylation sites (tertiary alicyclic amines) is 1. The minimum atomic E-state index is 0.109. The lowest BCUT2D eigenvalue weighted by Gasteiger charge is -2.36. The molecule has 0 saturated carbocycles. The van der Waals surface area contributed by atoms with E-state index in [4.69, 9.17) is 10.00 Å². The topological polar surface area (TPSA) is 52.4 Å². The number of hydrogen-bond acceptors (Lipinski definition) is 6. The molecule has 2 atom stereocenters. The molecule has 0 amide bonds. The summed E-state index contributed by atoms with van der Waals surface area (Å²) in [4.78, 5) is 9.88. The SMILES string of the molecule is N#CN1CC2OCCN(c3ncc(-c4ccccc4)s3)C2C1. The Morgan fingerprint density at radius 1 is 1.27 bits per heavy atom. The van der Waals surface area contributed by atoms with E-state index in [-0.39, 0.29) is 12.1 Å². The standard InChI is InChI=1S/C16H16N4OS/c17-11-19-9-13-14(10-19)21-7-6-20(13)16-18-8-15(22-16)12-4-2-1-3-5-12/h1-5,8,13-14H,6-7,9-10H2. The average Bonchev–Trinajstić information content (AvgIpc) is 3.22. The second kappa shape index (κ2) is 5.59. The Kier molecular flexibility index (Phi) is 3.45. The third kappa shape index (κ3) is 2.32. The highest BCUT2D eigenvalue weighted by molar-refractivity contribution is 7.18. The number of thiazole rings is 1. The molecule has 0 spiro atoms. The second-order valence-electron chi connectivity index (χ2n) is 5.55. The molecule has 2 fully saturated rings. The van der Waals surface area contributed by atoms with Gasteiger partial charge in [-0.05, 0) is 5.56 Å². The lowest BCUT2D eigenvalue weighted by atomic mass is 10.1. The first-order chi connectivity index (χ1) is 10.8. The number of nitrogens with zero attached hydrogens (tertiary/aromatic N) is 4. The predicted octanol–water partition coefficient (Wildman–Crippen LogP) is 2.18. The highest BCUT2D eigenvalue weighted by atomic mass is 32.1. The molecule has 2 aromatic rings. The van der Waals surface area contributed by atoms with Gasteiger partial charge in [-0.2, -0.15) is 5.26 Å². The molecule has 2 aliphatic rings. The van der Waals surface area contributed by atoms with Gasteiger partial charge in [0.25, 0.3) is 0 Å². The van der Waals surface area contributed by atoms with Crippen LogP contribution in [-0.2, 0) is 4.74 Å². The summed E-state index contributed by atoms with van der Waals surface area (Å²) in [6.07, 6.45) is 4.28. The number of ether oxygens (including phenoxy) is 1. The molecule has 0 aliphatic carbocycles. The average molecular weight is 312 g/mol. The third-order valence-electron chi connectivity index (χ3n) is 4.24. The molecule has 112 valence electrons. The lowest BCUT2D eigenvalue weighted by Crippen LogP contribution is -2.50.